The summed E-state index contributed by atoms with van der Waals surface area (Å²) in [4.78, 5) is 2.55. The number of aromatic nitrogens is 1. The van der Waals surface area contributed by atoms with Crippen molar-refractivity contribution >= 4 is 55.1 Å². The SMILES string of the molecule is c1ccc(-c2ccc(-c3ccc(C(c4ccc(-c5cccc6c5oc5ccccc56)cc4)c4ccc5c(c4)c4ccccc4n5-c4ccccc4)cc3)s2)cc1. The maximum Gasteiger partial charge on any atom is 0.143 e. The maximum absolute atomic E-state index is 6.44. The molecule has 0 amide bonds. The van der Waals surface area contributed by atoms with E-state index in [9.17, 15) is 0 Å². The number of rotatable bonds is 7. The molecule has 0 spiro atoms. The molecule has 0 saturated heterocycles. The summed E-state index contributed by atoms with van der Waals surface area (Å²) in [6, 6.07) is 74.7. The van der Waals surface area contributed by atoms with Crippen molar-refractivity contribution in [2.24, 2.45) is 0 Å². The van der Waals surface area contributed by atoms with Crippen LogP contribution in [0.5, 0.6) is 0 Å². The summed E-state index contributed by atoms with van der Waals surface area (Å²) < 4.78 is 8.82. The monoisotopic (exact) mass is 733 g/mol. The molecule has 0 fully saturated rings. The molecule has 2 nitrogen and oxygen atoms in total. The van der Waals surface area contributed by atoms with Crippen LogP contribution in [0, 0.1) is 0 Å². The largest absolute Gasteiger partial charge is 0.455 e. The van der Waals surface area contributed by atoms with Crippen LogP contribution in [0.2, 0.25) is 0 Å². The number of benzene rings is 8. The summed E-state index contributed by atoms with van der Waals surface area (Å²) >= 11 is 1.84. The summed E-state index contributed by atoms with van der Waals surface area (Å²) in [5.74, 6) is 0.0200. The molecule has 56 heavy (non-hydrogen) atoms. The summed E-state index contributed by atoms with van der Waals surface area (Å²) in [6.45, 7) is 0. The third-order valence-corrected chi connectivity index (χ3v) is 12.4. The molecular formula is C53H35NOS. The Hall–Kier alpha value is -6.94. The first-order valence-electron chi connectivity index (χ1n) is 19.1. The van der Waals surface area contributed by atoms with Gasteiger partial charge in [-0.05, 0) is 81.9 Å². The van der Waals surface area contributed by atoms with Crippen LogP contribution in [-0.4, -0.2) is 4.57 Å². The lowest BCUT2D eigenvalue weighted by molar-refractivity contribution is 0.670. The van der Waals surface area contributed by atoms with E-state index in [2.05, 4.69) is 199 Å². The zero-order valence-electron chi connectivity index (χ0n) is 30.5. The van der Waals surface area contributed by atoms with E-state index in [1.807, 2.05) is 23.5 Å². The van der Waals surface area contributed by atoms with Gasteiger partial charge in [0.1, 0.15) is 11.2 Å². The normalized spacial score (nSPS) is 12.2. The fourth-order valence-electron chi connectivity index (χ4n) is 8.52. The fourth-order valence-corrected chi connectivity index (χ4v) is 9.54. The van der Waals surface area contributed by atoms with Crippen molar-refractivity contribution in [3.05, 3.63) is 223 Å². The van der Waals surface area contributed by atoms with E-state index in [1.165, 1.54) is 59.4 Å². The van der Waals surface area contributed by atoms with Gasteiger partial charge < -0.3 is 8.98 Å². The van der Waals surface area contributed by atoms with E-state index in [4.69, 9.17) is 4.42 Å². The van der Waals surface area contributed by atoms with Gasteiger partial charge in [0.2, 0.25) is 0 Å². The third kappa shape index (κ3) is 5.47. The van der Waals surface area contributed by atoms with Crippen molar-refractivity contribution in [1.29, 1.82) is 0 Å². The number of fused-ring (bicyclic) bond motifs is 6. The Kier molecular flexibility index (Phi) is 7.78. The van der Waals surface area contributed by atoms with Gasteiger partial charge in [-0.15, -0.1) is 11.3 Å². The van der Waals surface area contributed by atoms with Crippen LogP contribution in [0.4, 0.5) is 0 Å². The van der Waals surface area contributed by atoms with Crippen molar-refractivity contribution < 1.29 is 4.42 Å². The molecule has 0 aliphatic carbocycles. The molecule has 264 valence electrons. The van der Waals surface area contributed by atoms with Gasteiger partial charge in [-0.25, -0.2) is 0 Å². The van der Waals surface area contributed by atoms with Crippen molar-refractivity contribution in [1.82, 2.24) is 4.57 Å². The van der Waals surface area contributed by atoms with Crippen LogP contribution in [0.15, 0.2) is 211 Å². The minimum absolute atomic E-state index is 0.0200. The number of para-hydroxylation sites is 4. The highest BCUT2D eigenvalue weighted by Gasteiger charge is 2.21. The second-order valence-electron chi connectivity index (χ2n) is 14.5. The van der Waals surface area contributed by atoms with Gasteiger partial charge in [0.25, 0.3) is 0 Å². The number of hydrogen-bond donors (Lipinski definition) is 0. The van der Waals surface area contributed by atoms with E-state index in [1.54, 1.807) is 0 Å². The highest BCUT2D eigenvalue weighted by molar-refractivity contribution is 7.18. The van der Waals surface area contributed by atoms with E-state index >= 15 is 0 Å². The fraction of sp³-hybridized carbons (Fsp3) is 0.0189. The molecule has 0 aliphatic rings. The third-order valence-electron chi connectivity index (χ3n) is 11.2. The lowest BCUT2D eigenvalue weighted by Gasteiger charge is -2.20. The summed E-state index contributed by atoms with van der Waals surface area (Å²) in [5, 5.41) is 4.80. The Morgan fingerprint density at radius 3 is 1.71 bits per heavy atom. The van der Waals surface area contributed by atoms with Gasteiger partial charge in [-0.1, -0.05) is 158 Å². The van der Waals surface area contributed by atoms with Crippen LogP contribution in [0.25, 0.3) is 81.4 Å². The Balaban J connectivity index is 1.04. The van der Waals surface area contributed by atoms with Crippen LogP contribution >= 0.6 is 11.3 Å². The van der Waals surface area contributed by atoms with Crippen LogP contribution in [-0.2, 0) is 0 Å². The van der Waals surface area contributed by atoms with E-state index in [-0.39, 0.29) is 5.92 Å². The molecule has 3 heterocycles. The highest BCUT2D eigenvalue weighted by Crippen LogP contribution is 2.41. The Labute approximate surface area is 329 Å². The molecule has 8 aromatic carbocycles. The summed E-state index contributed by atoms with van der Waals surface area (Å²) in [7, 11) is 0. The Morgan fingerprint density at radius 2 is 0.964 bits per heavy atom. The van der Waals surface area contributed by atoms with Crippen LogP contribution < -0.4 is 0 Å². The second kappa shape index (κ2) is 13.4. The number of furan rings is 1. The van der Waals surface area contributed by atoms with Crippen LogP contribution in [0.3, 0.4) is 0 Å². The molecule has 0 saturated carbocycles. The van der Waals surface area contributed by atoms with Gasteiger partial charge in [0.15, 0.2) is 0 Å². The first-order chi connectivity index (χ1) is 27.8. The van der Waals surface area contributed by atoms with Crippen molar-refractivity contribution in [3.63, 3.8) is 0 Å². The first kappa shape index (κ1) is 32.5. The van der Waals surface area contributed by atoms with E-state index in [0.717, 1.165) is 38.8 Å². The van der Waals surface area contributed by atoms with E-state index < -0.39 is 0 Å². The van der Waals surface area contributed by atoms with Crippen molar-refractivity contribution in [2.75, 3.05) is 0 Å². The van der Waals surface area contributed by atoms with Gasteiger partial charge in [0.05, 0.1) is 11.0 Å². The van der Waals surface area contributed by atoms with Gasteiger partial charge >= 0.3 is 0 Å². The topological polar surface area (TPSA) is 18.1 Å². The molecule has 3 aromatic heterocycles. The summed E-state index contributed by atoms with van der Waals surface area (Å²) in [6.07, 6.45) is 0. The Bertz CT molecular complexity index is 3170. The average Bonchev–Trinajstić information content (AvgIpc) is 4.00. The zero-order chi connectivity index (χ0) is 37.0. The Morgan fingerprint density at radius 1 is 0.393 bits per heavy atom. The quantitative estimate of drug-likeness (QED) is 0.149. The predicted octanol–water partition coefficient (Wildman–Crippen LogP) is 14.9. The number of thiophene rings is 1. The predicted molar refractivity (Wildman–Crippen MR) is 236 cm³/mol. The molecule has 1 atom stereocenters. The van der Waals surface area contributed by atoms with Gasteiger partial charge in [-0.2, -0.15) is 0 Å². The molecule has 0 bridgehead atoms. The van der Waals surface area contributed by atoms with Crippen LogP contribution in [0.1, 0.15) is 22.6 Å². The molecule has 11 aromatic rings. The van der Waals surface area contributed by atoms with Gasteiger partial charge in [0, 0.05) is 48.5 Å². The molecular weight excluding hydrogens is 699 g/mol. The van der Waals surface area contributed by atoms with E-state index in [0.29, 0.717) is 0 Å². The minimum Gasteiger partial charge on any atom is -0.455 e. The standard InChI is InChI=1S/C53H35NOS/c1-3-12-36(13-4-1)50-32-33-51(56-50)37-24-28-39(29-25-37)52(38-26-22-35(23-27-38)42-18-11-19-45-44-17-8-10-21-49(44)55-53(42)45)40-30-31-48-46(34-40)43-16-7-9-20-47(43)54(48)41-14-5-2-6-15-41/h1-34,52H. The number of hydrogen-bond acceptors (Lipinski definition) is 2. The smallest absolute Gasteiger partial charge is 0.143 e. The first-order valence-corrected chi connectivity index (χ1v) is 19.9. The molecule has 3 heteroatoms. The highest BCUT2D eigenvalue weighted by atomic mass is 32.1. The lowest BCUT2D eigenvalue weighted by atomic mass is 9.83. The second-order valence-corrected chi connectivity index (χ2v) is 15.5. The maximum atomic E-state index is 6.44. The molecule has 0 N–H and O–H groups in total. The lowest BCUT2D eigenvalue weighted by Crippen LogP contribution is -2.04. The van der Waals surface area contributed by atoms with Crippen molar-refractivity contribution in [2.45, 2.75) is 5.92 Å². The molecule has 0 aliphatic heterocycles. The molecule has 0 radical (unpaired) electrons. The van der Waals surface area contributed by atoms with Gasteiger partial charge in [-0.3, -0.25) is 0 Å². The zero-order valence-corrected chi connectivity index (χ0v) is 31.3. The summed E-state index contributed by atoms with van der Waals surface area (Å²) in [5.41, 5.74) is 13.9. The molecule has 11 rings (SSSR count). The van der Waals surface area contributed by atoms with Crippen molar-refractivity contribution in [3.8, 4) is 37.7 Å². The average molecular weight is 734 g/mol. The number of nitrogens with zero attached hydrogens (tertiary/aromatic N) is 1. The minimum atomic E-state index is 0.0200. The molecule has 1 unspecified atom stereocenters.